The second-order valence-electron chi connectivity index (χ2n) is 5.98. The molecule has 0 bridgehead atoms. The van der Waals surface area contributed by atoms with E-state index in [1.807, 2.05) is 13.0 Å². The third-order valence-electron chi connectivity index (χ3n) is 4.10. The fourth-order valence-electron chi connectivity index (χ4n) is 3.00. The molecule has 5 nitrogen and oxygen atoms in total. The van der Waals surface area contributed by atoms with E-state index in [1.165, 1.54) is 0 Å². The van der Waals surface area contributed by atoms with E-state index in [0.29, 0.717) is 30.4 Å². The Morgan fingerprint density at radius 1 is 1.32 bits per heavy atom. The molecule has 1 aliphatic rings. The van der Waals surface area contributed by atoms with Crippen molar-refractivity contribution in [2.45, 2.75) is 18.7 Å². The quantitative estimate of drug-likeness (QED) is 0.916. The normalized spacial score (nSPS) is 20.9. The molecular weight excluding hydrogens is 298 g/mol. The molecule has 1 N–H and O–H groups in total. The average Bonchev–Trinajstić information content (AvgIpc) is 2.72. The van der Waals surface area contributed by atoms with Gasteiger partial charge in [0.05, 0.1) is 4.90 Å². The molecule has 0 spiro atoms. The zero-order valence-electron chi connectivity index (χ0n) is 12.9. The van der Waals surface area contributed by atoms with Crippen molar-refractivity contribution >= 4 is 20.8 Å². The molecule has 6 heteroatoms. The lowest BCUT2D eigenvalue weighted by atomic mass is 10.1. The third-order valence-corrected chi connectivity index (χ3v) is 6.01. The highest BCUT2D eigenvalue weighted by Gasteiger charge is 2.29. The van der Waals surface area contributed by atoms with Gasteiger partial charge in [-0.2, -0.15) is 4.31 Å². The van der Waals surface area contributed by atoms with Crippen LogP contribution in [0.3, 0.4) is 0 Å². The van der Waals surface area contributed by atoms with E-state index in [9.17, 15) is 8.42 Å². The minimum Gasteiger partial charge on any atom is -0.315 e. The summed E-state index contributed by atoms with van der Waals surface area (Å²) in [5.41, 5.74) is 0.887. The van der Waals surface area contributed by atoms with Crippen LogP contribution in [0.25, 0.3) is 10.8 Å². The van der Waals surface area contributed by atoms with Crippen molar-refractivity contribution in [3.8, 4) is 0 Å². The number of hydrogen-bond acceptors (Lipinski definition) is 4. The van der Waals surface area contributed by atoms with Crippen molar-refractivity contribution in [3.05, 3.63) is 36.2 Å². The van der Waals surface area contributed by atoms with Crippen LogP contribution in [-0.2, 0) is 10.0 Å². The fourth-order valence-corrected chi connectivity index (χ4v) is 4.85. The molecule has 3 rings (SSSR count). The highest BCUT2D eigenvalue weighted by atomic mass is 32.2. The lowest BCUT2D eigenvalue weighted by Gasteiger charge is -2.23. The Morgan fingerprint density at radius 3 is 2.95 bits per heavy atom. The summed E-state index contributed by atoms with van der Waals surface area (Å²) in [7, 11) is -3.50. The van der Waals surface area contributed by atoms with Crippen molar-refractivity contribution in [2.75, 3.05) is 26.2 Å². The van der Waals surface area contributed by atoms with Gasteiger partial charge in [0.1, 0.15) is 0 Å². The van der Waals surface area contributed by atoms with Gasteiger partial charge in [-0.1, -0.05) is 19.1 Å². The zero-order valence-corrected chi connectivity index (χ0v) is 13.7. The second kappa shape index (κ2) is 5.95. The highest BCUT2D eigenvalue weighted by molar-refractivity contribution is 7.89. The van der Waals surface area contributed by atoms with Gasteiger partial charge < -0.3 is 5.32 Å². The van der Waals surface area contributed by atoms with Gasteiger partial charge >= 0.3 is 0 Å². The van der Waals surface area contributed by atoms with Gasteiger partial charge in [-0.15, -0.1) is 0 Å². The third kappa shape index (κ3) is 2.74. The number of rotatable bonds is 2. The molecule has 1 saturated heterocycles. The summed E-state index contributed by atoms with van der Waals surface area (Å²) in [6.07, 6.45) is 3.43. The monoisotopic (exact) mass is 319 g/mol. The number of pyridine rings is 1. The Balaban J connectivity index is 2.13. The van der Waals surface area contributed by atoms with Crippen molar-refractivity contribution in [3.63, 3.8) is 0 Å². The maximum atomic E-state index is 13.1. The number of benzene rings is 1. The van der Waals surface area contributed by atoms with Crippen molar-refractivity contribution < 1.29 is 8.42 Å². The Hall–Kier alpha value is -1.50. The number of sulfonamides is 1. The molecule has 1 unspecified atom stereocenters. The molecule has 118 valence electrons. The van der Waals surface area contributed by atoms with Crippen LogP contribution in [0.2, 0.25) is 0 Å². The van der Waals surface area contributed by atoms with Crippen LogP contribution in [-0.4, -0.2) is 43.9 Å². The maximum Gasteiger partial charge on any atom is 0.243 e. The lowest BCUT2D eigenvalue weighted by Crippen LogP contribution is -2.35. The molecule has 1 atom stereocenters. The summed E-state index contributed by atoms with van der Waals surface area (Å²) in [4.78, 5) is 4.54. The van der Waals surface area contributed by atoms with Gasteiger partial charge in [-0.05, 0) is 31.0 Å². The standard InChI is InChI=1S/C16H21N3O2S/c1-12-8-17-6-7-19(11-12)22(20,21)15-5-3-4-14-10-18-9-13(2)16(14)15/h3-5,9-10,12,17H,6-8,11H2,1-2H3. The fraction of sp³-hybridized carbons (Fsp3) is 0.438. The first-order chi connectivity index (χ1) is 10.5. The Bertz CT molecular complexity index is 784. The van der Waals surface area contributed by atoms with Gasteiger partial charge in [0, 0.05) is 42.8 Å². The van der Waals surface area contributed by atoms with Crippen LogP contribution < -0.4 is 5.32 Å². The molecule has 2 heterocycles. The molecule has 0 radical (unpaired) electrons. The zero-order chi connectivity index (χ0) is 15.7. The van der Waals surface area contributed by atoms with E-state index >= 15 is 0 Å². The number of aryl methyl sites for hydroxylation is 1. The smallest absolute Gasteiger partial charge is 0.243 e. The number of fused-ring (bicyclic) bond motifs is 1. The minimum absolute atomic E-state index is 0.301. The van der Waals surface area contributed by atoms with Crippen LogP contribution in [0, 0.1) is 12.8 Å². The summed E-state index contributed by atoms with van der Waals surface area (Å²) in [5.74, 6) is 0.301. The molecular formula is C16H21N3O2S. The topological polar surface area (TPSA) is 62.3 Å². The SMILES string of the molecule is Cc1cncc2cccc(S(=O)(=O)N3CCNCC(C)C3)c12. The van der Waals surface area contributed by atoms with Crippen molar-refractivity contribution in [2.24, 2.45) is 5.92 Å². The van der Waals surface area contributed by atoms with Crippen LogP contribution in [0.15, 0.2) is 35.5 Å². The van der Waals surface area contributed by atoms with E-state index in [-0.39, 0.29) is 0 Å². The van der Waals surface area contributed by atoms with Crippen LogP contribution in [0.4, 0.5) is 0 Å². The summed E-state index contributed by atoms with van der Waals surface area (Å²) in [6, 6.07) is 5.39. The number of aromatic nitrogens is 1. The molecule has 0 saturated carbocycles. The van der Waals surface area contributed by atoms with E-state index in [4.69, 9.17) is 0 Å². The van der Waals surface area contributed by atoms with E-state index < -0.39 is 10.0 Å². The predicted octanol–water partition coefficient (Wildman–Crippen LogP) is 1.77. The molecule has 1 fully saturated rings. The van der Waals surface area contributed by atoms with Gasteiger partial charge in [-0.25, -0.2) is 8.42 Å². The largest absolute Gasteiger partial charge is 0.315 e. The number of nitrogens with one attached hydrogen (secondary N) is 1. The first kappa shape index (κ1) is 15.4. The summed E-state index contributed by atoms with van der Waals surface area (Å²) in [6.45, 7) is 6.57. The van der Waals surface area contributed by atoms with E-state index in [1.54, 1.807) is 28.8 Å². The molecule has 2 aromatic rings. The Kier molecular flexibility index (Phi) is 4.16. The van der Waals surface area contributed by atoms with Crippen LogP contribution in [0.5, 0.6) is 0 Å². The minimum atomic E-state index is -3.50. The van der Waals surface area contributed by atoms with Gasteiger partial charge in [-0.3, -0.25) is 4.98 Å². The summed E-state index contributed by atoms with van der Waals surface area (Å²) >= 11 is 0. The summed E-state index contributed by atoms with van der Waals surface area (Å²) in [5, 5.41) is 4.93. The van der Waals surface area contributed by atoms with Crippen LogP contribution in [0.1, 0.15) is 12.5 Å². The van der Waals surface area contributed by atoms with Gasteiger partial charge in [0.25, 0.3) is 0 Å². The first-order valence-electron chi connectivity index (χ1n) is 7.54. The molecule has 0 aliphatic carbocycles. The highest BCUT2D eigenvalue weighted by Crippen LogP contribution is 2.28. The molecule has 1 aliphatic heterocycles. The average molecular weight is 319 g/mol. The van der Waals surface area contributed by atoms with E-state index in [2.05, 4.69) is 17.2 Å². The summed E-state index contributed by atoms with van der Waals surface area (Å²) < 4.78 is 27.9. The Labute approximate surface area is 131 Å². The number of hydrogen-bond donors (Lipinski definition) is 1. The maximum absolute atomic E-state index is 13.1. The second-order valence-corrected chi connectivity index (χ2v) is 7.89. The van der Waals surface area contributed by atoms with Crippen molar-refractivity contribution in [1.29, 1.82) is 0 Å². The van der Waals surface area contributed by atoms with Gasteiger partial charge in [0.2, 0.25) is 10.0 Å². The number of nitrogens with zero attached hydrogens (tertiary/aromatic N) is 2. The van der Waals surface area contributed by atoms with E-state index in [0.717, 1.165) is 22.9 Å². The predicted molar refractivity (Wildman–Crippen MR) is 87.3 cm³/mol. The lowest BCUT2D eigenvalue weighted by molar-refractivity contribution is 0.392. The molecule has 22 heavy (non-hydrogen) atoms. The first-order valence-corrected chi connectivity index (χ1v) is 8.98. The molecule has 0 amide bonds. The van der Waals surface area contributed by atoms with Gasteiger partial charge in [0.15, 0.2) is 0 Å². The van der Waals surface area contributed by atoms with Crippen molar-refractivity contribution in [1.82, 2.24) is 14.6 Å². The molecule has 1 aromatic carbocycles. The molecule has 1 aromatic heterocycles. The van der Waals surface area contributed by atoms with Crippen LogP contribution >= 0.6 is 0 Å². The Morgan fingerprint density at radius 2 is 2.14 bits per heavy atom.